The van der Waals surface area contributed by atoms with E-state index >= 15 is 0 Å². The summed E-state index contributed by atoms with van der Waals surface area (Å²) in [6.07, 6.45) is 40.1. The molecule has 0 aromatic heterocycles. The second-order valence-corrected chi connectivity index (χ2v) is 12.2. The van der Waals surface area contributed by atoms with E-state index in [-0.39, 0.29) is 63.3 Å². The predicted octanol–water partition coefficient (Wildman–Crippen LogP) is 11.9. The van der Waals surface area contributed by atoms with Crippen molar-refractivity contribution in [1.29, 1.82) is 0 Å². The topological polar surface area (TPSA) is 43.4 Å². The van der Waals surface area contributed by atoms with Crippen molar-refractivity contribution in [3.05, 3.63) is 0 Å². The quantitative estimate of drug-likeness (QED) is 0.0339. The molecule has 0 aliphatic rings. The Labute approximate surface area is 294 Å². The molecule has 0 aliphatic heterocycles. The number of carbonyl (C=O) groups excluding carboxylic acids is 2. The van der Waals surface area contributed by atoms with E-state index in [0.717, 1.165) is 25.7 Å². The van der Waals surface area contributed by atoms with Crippen molar-refractivity contribution in [3.8, 4) is 0 Å². The average molecular weight is 591 g/mol. The third-order valence-electron chi connectivity index (χ3n) is 8.20. The minimum absolute atomic E-state index is 0. The molecule has 0 aliphatic carbocycles. The van der Waals surface area contributed by atoms with Gasteiger partial charge in [0.25, 0.3) is 0 Å². The summed E-state index contributed by atoms with van der Waals surface area (Å²) in [4.78, 5) is 23.8. The Bertz CT molecular complexity index is 464. The molecule has 0 fully saturated rings. The third-order valence-corrected chi connectivity index (χ3v) is 8.20. The fourth-order valence-electron chi connectivity index (χ4n) is 5.51. The van der Waals surface area contributed by atoms with E-state index in [4.69, 9.17) is 4.74 Å². The number of esters is 2. The molecule has 0 bridgehead atoms. The fourth-order valence-corrected chi connectivity index (χ4v) is 5.51. The van der Waals surface area contributed by atoms with Gasteiger partial charge in [-0.1, -0.05) is 194 Å². The summed E-state index contributed by atoms with van der Waals surface area (Å²) in [7, 11) is 0. The summed E-state index contributed by atoms with van der Waals surface area (Å²) >= 11 is 0. The number of ether oxygens (including phenoxy) is 1. The van der Waals surface area contributed by atoms with Crippen LogP contribution in [0.2, 0.25) is 0 Å². The van der Waals surface area contributed by atoms with Crippen molar-refractivity contribution in [2.45, 2.75) is 219 Å². The predicted molar refractivity (Wildman–Crippen MR) is 177 cm³/mol. The minimum atomic E-state index is -0.323. The zero-order chi connectivity index (χ0) is 28.5. The molecule has 0 aromatic carbocycles. The molecule has 0 heterocycles. The van der Waals surface area contributed by atoms with Gasteiger partial charge in [-0.25, -0.2) is 0 Å². The van der Waals surface area contributed by atoms with Gasteiger partial charge >= 0.3 is 63.3 Å². The molecule has 0 atom stereocenters. The fraction of sp³-hybridized carbons (Fsp3) is 0.944. The summed E-state index contributed by atoms with van der Waals surface area (Å²) < 4.78 is 5.01. The van der Waals surface area contributed by atoms with Crippen LogP contribution in [0.15, 0.2) is 0 Å². The van der Waals surface area contributed by atoms with Gasteiger partial charge in [0.15, 0.2) is 0 Å². The molecular formula is C36H71KO3. The SMILES string of the molecule is CCCCCCCCCCCCCCCCCC(=O)OC(=O)CCCCCCCCCCCCCCCCC.[KH]. The molecule has 0 saturated heterocycles. The van der Waals surface area contributed by atoms with Gasteiger partial charge in [-0.3, -0.25) is 9.59 Å². The van der Waals surface area contributed by atoms with Gasteiger partial charge in [0, 0.05) is 12.8 Å². The zero-order valence-corrected chi connectivity index (χ0v) is 26.9. The van der Waals surface area contributed by atoms with Crippen LogP contribution in [0.25, 0.3) is 0 Å². The van der Waals surface area contributed by atoms with Gasteiger partial charge in [0.1, 0.15) is 0 Å². The summed E-state index contributed by atoms with van der Waals surface area (Å²) in [6.45, 7) is 4.55. The zero-order valence-electron chi connectivity index (χ0n) is 26.9. The van der Waals surface area contributed by atoms with Crippen LogP contribution in [-0.4, -0.2) is 63.3 Å². The van der Waals surface area contributed by atoms with E-state index in [9.17, 15) is 9.59 Å². The Morgan fingerprint density at radius 1 is 0.325 bits per heavy atom. The van der Waals surface area contributed by atoms with Crippen LogP contribution in [0.4, 0.5) is 0 Å². The van der Waals surface area contributed by atoms with Gasteiger partial charge in [0.2, 0.25) is 0 Å². The molecule has 4 heteroatoms. The Balaban J connectivity index is 0. The number of unbranched alkanes of at least 4 members (excludes halogenated alkanes) is 28. The van der Waals surface area contributed by atoms with E-state index < -0.39 is 0 Å². The first-order valence-electron chi connectivity index (χ1n) is 17.9. The maximum atomic E-state index is 11.9. The van der Waals surface area contributed by atoms with Crippen LogP contribution < -0.4 is 0 Å². The van der Waals surface area contributed by atoms with Crippen molar-refractivity contribution in [3.63, 3.8) is 0 Å². The number of carbonyl (C=O) groups is 2. The van der Waals surface area contributed by atoms with Crippen LogP contribution in [0, 0.1) is 0 Å². The second-order valence-electron chi connectivity index (χ2n) is 12.2. The molecule has 0 N–H and O–H groups in total. The molecule has 0 amide bonds. The number of hydrogen-bond donors (Lipinski definition) is 0. The summed E-state index contributed by atoms with van der Waals surface area (Å²) in [6, 6.07) is 0. The first kappa shape index (κ1) is 42.9. The van der Waals surface area contributed by atoms with Crippen molar-refractivity contribution in [2.75, 3.05) is 0 Å². The molecule has 0 unspecified atom stereocenters. The first-order chi connectivity index (χ1) is 19.2. The van der Waals surface area contributed by atoms with Crippen LogP contribution in [0.5, 0.6) is 0 Å². The van der Waals surface area contributed by atoms with Gasteiger partial charge in [0.05, 0.1) is 0 Å². The molecule has 234 valence electrons. The van der Waals surface area contributed by atoms with Crippen molar-refractivity contribution in [2.24, 2.45) is 0 Å². The van der Waals surface area contributed by atoms with Crippen LogP contribution >= 0.6 is 0 Å². The molecule has 0 rings (SSSR count). The molecule has 0 saturated carbocycles. The summed E-state index contributed by atoms with van der Waals surface area (Å²) in [5, 5.41) is 0. The van der Waals surface area contributed by atoms with Crippen LogP contribution in [0.1, 0.15) is 219 Å². The van der Waals surface area contributed by atoms with Crippen molar-refractivity contribution in [1.82, 2.24) is 0 Å². The molecule has 0 aromatic rings. The second kappa shape index (κ2) is 37.8. The Kier molecular flexibility index (Phi) is 40.5. The third kappa shape index (κ3) is 36.8. The Morgan fingerprint density at radius 2 is 0.500 bits per heavy atom. The van der Waals surface area contributed by atoms with Crippen molar-refractivity contribution >= 4 is 63.3 Å². The van der Waals surface area contributed by atoms with Gasteiger partial charge in [-0.2, -0.15) is 0 Å². The van der Waals surface area contributed by atoms with Crippen LogP contribution in [-0.2, 0) is 14.3 Å². The molecule has 3 nitrogen and oxygen atoms in total. The normalized spacial score (nSPS) is 10.9. The molecular weight excluding hydrogens is 519 g/mol. The maximum absolute atomic E-state index is 11.9. The van der Waals surface area contributed by atoms with Gasteiger partial charge in [-0.05, 0) is 12.8 Å². The number of rotatable bonds is 32. The van der Waals surface area contributed by atoms with E-state index in [0.29, 0.717) is 12.8 Å². The molecule has 40 heavy (non-hydrogen) atoms. The van der Waals surface area contributed by atoms with E-state index in [1.807, 2.05) is 0 Å². The molecule has 0 spiro atoms. The van der Waals surface area contributed by atoms with Crippen molar-refractivity contribution < 1.29 is 14.3 Å². The summed E-state index contributed by atoms with van der Waals surface area (Å²) in [5.74, 6) is -0.647. The Morgan fingerprint density at radius 3 is 0.700 bits per heavy atom. The van der Waals surface area contributed by atoms with Crippen LogP contribution in [0.3, 0.4) is 0 Å². The monoisotopic (exact) mass is 591 g/mol. The first-order valence-corrected chi connectivity index (χ1v) is 17.9. The van der Waals surface area contributed by atoms with Gasteiger partial charge in [-0.15, -0.1) is 0 Å². The van der Waals surface area contributed by atoms with E-state index in [1.165, 1.54) is 167 Å². The van der Waals surface area contributed by atoms with E-state index in [1.54, 1.807) is 0 Å². The van der Waals surface area contributed by atoms with E-state index in [2.05, 4.69) is 13.8 Å². The molecule has 0 radical (unpaired) electrons. The number of hydrogen-bond acceptors (Lipinski definition) is 3. The average Bonchev–Trinajstić information content (AvgIpc) is 2.93. The van der Waals surface area contributed by atoms with Gasteiger partial charge < -0.3 is 4.74 Å². The summed E-state index contributed by atoms with van der Waals surface area (Å²) in [5.41, 5.74) is 0. The standard InChI is InChI=1S/C36H70O3.K.H/c1-3-5-7-9-11-13-15-17-19-21-23-25-27-29-31-33-35(37)39-36(38)34-32-30-28-26-24-22-20-18-16-14-12-10-8-6-4-2;;/h3-34H2,1-2H3;;. The Hall–Kier alpha value is 0.776.